The minimum Gasteiger partial charge on any atom is -0.457 e. The minimum atomic E-state index is 0.722. The molecule has 4 aromatic rings. The number of benzene rings is 4. The third kappa shape index (κ3) is 4.51. The summed E-state index contributed by atoms with van der Waals surface area (Å²) < 4.78 is 6.16. The predicted octanol–water partition coefficient (Wildman–Crippen LogP) is 6.40. The van der Waals surface area contributed by atoms with E-state index in [9.17, 15) is 0 Å². The molecule has 0 unspecified atom stereocenters. The summed E-state index contributed by atoms with van der Waals surface area (Å²) in [6.07, 6.45) is 0.787. The van der Waals surface area contributed by atoms with Crippen LogP contribution in [0.3, 0.4) is 0 Å². The van der Waals surface area contributed by atoms with Crippen LogP contribution in [0.4, 0.5) is 17.1 Å². The lowest BCUT2D eigenvalue weighted by Gasteiger charge is -2.15. The molecular weight excluding hydrogens is 344 g/mol. The molecule has 0 saturated heterocycles. The number of hydrogen-bond acceptors (Lipinski definition) is 3. The van der Waals surface area contributed by atoms with Crippen molar-refractivity contribution in [3.05, 3.63) is 114 Å². The van der Waals surface area contributed by atoms with Crippen LogP contribution in [-0.2, 0) is 6.42 Å². The Labute approximate surface area is 165 Å². The van der Waals surface area contributed by atoms with E-state index >= 15 is 0 Å². The lowest BCUT2D eigenvalue weighted by atomic mass is 10.0. The first-order valence-electron chi connectivity index (χ1n) is 9.28. The van der Waals surface area contributed by atoms with Crippen LogP contribution >= 0.6 is 0 Å². The SMILES string of the molecule is Nc1ccc(Oc2ccc(Nc3ccccc3)cc2Cc2ccccc2)cc1. The molecule has 0 spiro atoms. The molecule has 0 amide bonds. The summed E-state index contributed by atoms with van der Waals surface area (Å²) in [7, 11) is 0. The number of hydrogen-bond donors (Lipinski definition) is 2. The molecule has 0 bridgehead atoms. The van der Waals surface area contributed by atoms with E-state index in [2.05, 4.69) is 47.8 Å². The van der Waals surface area contributed by atoms with E-state index in [0.717, 1.165) is 40.5 Å². The fourth-order valence-corrected chi connectivity index (χ4v) is 3.06. The van der Waals surface area contributed by atoms with Gasteiger partial charge in [-0.3, -0.25) is 0 Å². The normalized spacial score (nSPS) is 10.4. The number of nitrogens with two attached hydrogens (primary N) is 1. The molecule has 0 aliphatic heterocycles. The van der Waals surface area contributed by atoms with Crippen molar-refractivity contribution in [3.8, 4) is 11.5 Å². The molecule has 0 aliphatic rings. The molecule has 3 nitrogen and oxygen atoms in total. The molecule has 4 aromatic carbocycles. The highest BCUT2D eigenvalue weighted by molar-refractivity contribution is 5.62. The van der Waals surface area contributed by atoms with Crippen LogP contribution in [0.2, 0.25) is 0 Å². The molecule has 0 aromatic heterocycles. The standard InChI is InChI=1S/C25H22N2O/c26-21-11-14-24(15-12-21)28-25-16-13-23(27-22-9-5-2-6-10-22)18-20(25)17-19-7-3-1-4-8-19/h1-16,18,27H,17,26H2. The average Bonchev–Trinajstić information content (AvgIpc) is 2.73. The fraction of sp³-hybridized carbons (Fsp3) is 0.0400. The summed E-state index contributed by atoms with van der Waals surface area (Å²) in [6, 6.07) is 34.2. The first kappa shape index (κ1) is 17.7. The van der Waals surface area contributed by atoms with E-state index < -0.39 is 0 Å². The maximum atomic E-state index is 6.16. The summed E-state index contributed by atoms with van der Waals surface area (Å²) in [5, 5.41) is 3.46. The largest absolute Gasteiger partial charge is 0.457 e. The van der Waals surface area contributed by atoms with Gasteiger partial charge in [-0.25, -0.2) is 0 Å². The zero-order valence-corrected chi connectivity index (χ0v) is 15.5. The molecule has 0 fully saturated rings. The topological polar surface area (TPSA) is 47.3 Å². The molecule has 4 rings (SSSR count). The van der Waals surface area contributed by atoms with Crippen molar-refractivity contribution in [2.24, 2.45) is 0 Å². The van der Waals surface area contributed by atoms with Crippen LogP contribution in [0.1, 0.15) is 11.1 Å². The summed E-state index contributed by atoms with van der Waals surface area (Å²) in [6.45, 7) is 0. The Morgan fingerprint density at radius 1 is 0.679 bits per heavy atom. The van der Waals surface area contributed by atoms with Gasteiger partial charge in [-0.05, 0) is 60.2 Å². The van der Waals surface area contributed by atoms with Gasteiger partial charge < -0.3 is 15.8 Å². The van der Waals surface area contributed by atoms with Crippen molar-refractivity contribution >= 4 is 17.1 Å². The van der Waals surface area contributed by atoms with Crippen molar-refractivity contribution in [3.63, 3.8) is 0 Å². The second-order valence-corrected chi connectivity index (χ2v) is 6.65. The highest BCUT2D eigenvalue weighted by Gasteiger charge is 2.09. The molecule has 0 saturated carbocycles. The minimum absolute atomic E-state index is 0.722. The molecule has 3 heteroatoms. The Balaban J connectivity index is 1.64. The van der Waals surface area contributed by atoms with Gasteiger partial charge in [0, 0.05) is 29.0 Å². The van der Waals surface area contributed by atoms with Gasteiger partial charge in [-0.2, -0.15) is 0 Å². The molecule has 3 N–H and O–H groups in total. The van der Waals surface area contributed by atoms with Crippen LogP contribution in [0.15, 0.2) is 103 Å². The van der Waals surface area contributed by atoms with E-state index in [-0.39, 0.29) is 0 Å². The summed E-state index contributed by atoms with van der Waals surface area (Å²) >= 11 is 0. The molecule has 138 valence electrons. The van der Waals surface area contributed by atoms with E-state index in [1.807, 2.05) is 60.7 Å². The van der Waals surface area contributed by atoms with Crippen LogP contribution in [0.5, 0.6) is 11.5 Å². The van der Waals surface area contributed by atoms with E-state index in [1.54, 1.807) is 0 Å². The van der Waals surface area contributed by atoms with Crippen LogP contribution < -0.4 is 15.8 Å². The van der Waals surface area contributed by atoms with Crippen LogP contribution in [-0.4, -0.2) is 0 Å². The molecule has 0 atom stereocenters. The van der Waals surface area contributed by atoms with E-state index in [4.69, 9.17) is 10.5 Å². The Morgan fingerprint density at radius 3 is 2.07 bits per heavy atom. The van der Waals surface area contributed by atoms with E-state index in [0.29, 0.717) is 0 Å². The smallest absolute Gasteiger partial charge is 0.131 e. The van der Waals surface area contributed by atoms with Gasteiger partial charge in [0.15, 0.2) is 0 Å². The van der Waals surface area contributed by atoms with Crippen LogP contribution in [0, 0.1) is 0 Å². The fourth-order valence-electron chi connectivity index (χ4n) is 3.06. The summed E-state index contributed by atoms with van der Waals surface area (Å²) in [5.74, 6) is 1.61. The average molecular weight is 366 g/mol. The number of nitrogen functional groups attached to an aromatic ring is 1. The Bertz CT molecular complexity index is 1030. The third-order valence-electron chi connectivity index (χ3n) is 4.47. The third-order valence-corrected chi connectivity index (χ3v) is 4.47. The predicted molar refractivity (Wildman–Crippen MR) is 116 cm³/mol. The summed E-state index contributed by atoms with van der Waals surface area (Å²) in [4.78, 5) is 0. The number of para-hydroxylation sites is 1. The zero-order chi connectivity index (χ0) is 19.2. The van der Waals surface area contributed by atoms with Crippen molar-refractivity contribution in [1.29, 1.82) is 0 Å². The number of anilines is 3. The Morgan fingerprint density at radius 2 is 1.36 bits per heavy atom. The molecular formula is C25H22N2O. The van der Waals surface area contributed by atoms with Crippen molar-refractivity contribution in [1.82, 2.24) is 0 Å². The maximum absolute atomic E-state index is 6.16. The second kappa shape index (κ2) is 8.31. The highest BCUT2D eigenvalue weighted by atomic mass is 16.5. The Hall–Kier alpha value is -3.72. The maximum Gasteiger partial charge on any atom is 0.131 e. The van der Waals surface area contributed by atoms with Gasteiger partial charge in [0.25, 0.3) is 0 Å². The summed E-state index contributed by atoms with van der Waals surface area (Å²) in [5.41, 5.74) is 10.9. The lowest BCUT2D eigenvalue weighted by molar-refractivity contribution is 0.477. The quantitative estimate of drug-likeness (QED) is 0.388. The van der Waals surface area contributed by atoms with Crippen molar-refractivity contribution in [2.75, 3.05) is 11.1 Å². The zero-order valence-electron chi connectivity index (χ0n) is 15.5. The first-order chi connectivity index (χ1) is 13.8. The molecule has 0 aliphatic carbocycles. The molecule has 0 radical (unpaired) electrons. The van der Waals surface area contributed by atoms with Gasteiger partial charge >= 0.3 is 0 Å². The highest BCUT2D eigenvalue weighted by Crippen LogP contribution is 2.31. The van der Waals surface area contributed by atoms with Gasteiger partial charge in [0.1, 0.15) is 11.5 Å². The molecule has 28 heavy (non-hydrogen) atoms. The van der Waals surface area contributed by atoms with Crippen LogP contribution in [0.25, 0.3) is 0 Å². The molecule has 0 heterocycles. The lowest BCUT2D eigenvalue weighted by Crippen LogP contribution is -1.97. The number of ether oxygens (including phenoxy) is 1. The second-order valence-electron chi connectivity index (χ2n) is 6.65. The number of nitrogens with one attached hydrogen (secondary N) is 1. The van der Waals surface area contributed by atoms with Gasteiger partial charge in [0.2, 0.25) is 0 Å². The van der Waals surface area contributed by atoms with Gasteiger partial charge in [0.05, 0.1) is 0 Å². The van der Waals surface area contributed by atoms with E-state index in [1.165, 1.54) is 5.56 Å². The monoisotopic (exact) mass is 366 g/mol. The van der Waals surface area contributed by atoms with Gasteiger partial charge in [-0.1, -0.05) is 48.5 Å². The van der Waals surface area contributed by atoms with Crippen molar-refractivity contribution in [2.45, 2.75) is 6.42 Å². The first-order valence-corrected chi connectivity index (χ1v) is 9.28. The van der Waals surface area contributed by atoms with Gasteiger partial charge in [-0.15, -0.1) is 0 Å². The Kier molecular flexibility index (Phi) is 5.25. The van der Waals surface area contributed by atoms with Crippen molar-refractivity contribution < 1.29 is 4.74 Å². The number of rotatable bonds is 6.